The Hall–Kier alpha value is -1.13. The highest BCUT2D eigenvalue weighted by atomic mass is 19.1. The van der Waals surface area contributed by atoms with E-state index in [2.05, 4.69) is 19.2 Å². The van der Waals surface area contributed by atoms with Gasteiger partial charge in [-0.3, -0.25) is 0 Å². The summed E-state index contributed by atoms with van der Waals surface area (Å²) >= 11 is 0. The maximum Gasteiger partial charge on any atom is 0.146 e. The molecule has 0 bridgehead atoms. The van der Waals surface area contributed by atoms with Gasteiger partial charge >= 0.3 is 0 Å². The molecular formula is C14H21FN2O. The summed E-state index contributed by atoms with van der Waals surface area (Å²) in [5, 5.41) is 13.6. The number of nitrogens with zero attached hydrogens (tertiary/aromatic N) is 1. The van der Waals surface area contributed by atoms with E-state index >= 15 is 0 Å². The van der Waals surface area contributed by atoms with Gasteiger partial charge in [0, 0.05) is 25.2 Å². The summed E-state index contributed by atoms with van der Waals surface area (Å²) in [4.78, 5) is 1.91. The van der Waals surface area contributed by atoms with Crippen molar-refractivity contribution in [3.63, 3.8) is 0 Å². The number of halogens is 1. The zero-order valence-corrected chi connectivity index (χ0v) is 11.2. The molecule has 0 aromatic heterocycles. The van der Waals surface area contributed by atoms with E-state index in [1.165, 1.54) is 6.07 Å². The van der Waals surface area contributed by atoms with Crippen LogP contribution in [-0.2, 0) is 0 Å². The highest BCUT2D eigenvalue weighted by molar-refractivity contribution is 5.48. The molecule has 0 saturated carbocycles. The monoisotopic (exact) mass is 252 g/mol. The van der Waals surface area contributed by atoms with Gasteiger partial charge in [0.1, 0.15) is 5.82 Å². The first-order valence-corrected chi connectivity index (χ1v) is 6.26. The van der Waals surface area contributed by atoms with Gasteiger partial charge in [-0.15, -0.1) is 0 Å². The minimum atomic E-state index is -0.865. The van der Waals surface area contributed by atoms with Crippen molar-refractivity contribution in [3.8, 4) is 0 Å². The van der Waals surface area contributed by atoms with Crippen LogP contribution >= 0.6 is 0 Å². The van der Waals surface area contributed by atoms with Gasteiger partial charge in [0.15, 0.2) is 0 Å². The molecule has 3 nitrogen and oxygen atoms in total. The molecule has 2 rings (SSSR count). The average Bonchev–Trinajstić information content (AvgIpc) is 2.36. The Kier molecular flexibility index (Phi) is 3.34. The summed E-state index contributed by atoms with van der Waals surface area (Å²) in [5.41, 5.74) is -0.478. The van der Waals surface area contributed by atoms with Gasteiger partial charge in [0.25, 0.3) is 0 Å². The average molecular weight is 252 g/mol. The van der Waals surface area contributed by atoms with Gasteiger partial charge < -0.3 is 15.3 Å². The summed E-state index contributed by atoms with van der Waals surface area (Å²) in [5.74, 6) is -0.244. The number of β-amino-alcohol motifs (C(OH)–C–C–N with tert-alkyl or cyclic N) is 1. The predicted octanol–water partition coefficient (Wildman–Crippen LogP) is 1.76. The number of hydrogen-bond acceptors (Lipinski definition) is 3. The first-order valence-electron chi connectivity index (χ1n) is 6.26. The predicted molar refractivity (Wildman–Crippen MR) is 71.3 cm³/mol. The van der Waals surface area contributed by atoms with E-state index < -0.39 is 5.60 Å². The number of para-hydroxylation sites is 1. The molecule has 1 aliphatic rings. The van der Waals surface area contributed by atoms with E-state index in [0.717, 1.165) is 0 Å². The second-order valence-corrected chi connectivity index (χ2v) is 6.04. The third-order valence-electron chi connectivity index (χ3n) is 3.26. The molecule has 1 fully saturated rings. The Bertz CT molecular complexity index is 414. The van der Waals surface area contributed by atoms with Crippen LogP contribution in [0.15, 0.2) is 24.3 Å². The third kappa shape index (κ3) is 3.00. The summed E-state index contributed by atoms with van der Waals surface area (Å²) in [6, 6.07) is 6.71. The van der Waals surface area contributed by atoms with Gasteiger partial charge in [-0.05, 0) is 32.9 Å². The second kappa shape index (κ2) is 4.52. The number of hydrogen-bond donors (Lipinski definition) is 2. The Morgan fingerprint density at radius 2 is 1.89 bits per heavy atom. The lowest BCUT2D eigenvalue weighted by molar-refractivity contribution is 0.0695. The molecule has 100 valence electrons. The zero-order chi connectivity index (χ0) is 13.4. The van der Waals surface area contributed by atoms with Gasteiger partial charge in [-0.1, -0.05) is 12.1 Å². The summed E-state index contributed by atoms with van der Waals surface area (Å²) in [7, 11) is 0. The van der Waals surface area contributed by atoms with E-state index in [-0.39, 0.29) is 11.4 Å². The quantitative estimate of drug-likeness (QED) is 0.799. The van der Waals surface area contributed by atoms with E-state index in [1.54, 1.807) is 19.1 Å². The van der Waals surface area contributed by atoms with Crippen molar-refractivity contribution in [2.45, 2.75) is 31.9 Å². The Labute approximate surface area is 108 Å². The molecular weight excluding hydrogens is 231 g/mol. The minimum absolute atomic E-state index is 0.164. The van der Waals surface area contributed by atoms with Crippen molar-refractivity contribution >= 4 is 5.69 Å². The van der Waals surface area contributed by atoms with Crippen molar-refractivity contribution in [3.05, 3.63) is 30.1 Å². The zero-order valence-electron chi connectivity index (χ0n) is 11.2. The van der Waals surface area contributed by atoms with Crippen LogP contribution in [0, 0.1) is 5.82 Å². The van der Waals surface area contributed by atoms with Crippen molar-refractivity contribution < 1.29 is 9.50 Å². The number of anilines is 1. The highest BCUT2D eigenvalue weighted by Gasteiger charge is 2.34. The summed E-state index contributed by atoms with van der Waals surface area (Å²) in [6.07, 6.45) is 0. The van der Waals surface area contributed by atoms with Crippen molar-refractivity contribution in [2.24, 2.45) is 0 Å². The van der Waals surface area contributed by atoms with E-state index in [1.807, 2.05) is 11.0 Å². The van der Waals surface area contributed by atoms with E-state index in [0.29, 0.717) is 25.3 Å². The lowest BCUT2D eigenvalue weighted by Gasteiger charge is -2.32. The van der Waals surface area contributed by atoms with Gasteiger partial charge in [0.05, 0.1) is 11.3 Å². The maximum absolute atomic E-state index is 13.9. The molecule has 0 spiro atoms. The topological polar surface area (TPSA) is 35.5 Å². The molecule has 0 radical (unpaired) electrons. The van der Waals surface area contributed by atoms with Crippen LogP contribution in [0.4, 0.5) is 10.1 Å². The van der Waals surface area contributed by atoms with Crippen molar-refractivity contribution in [2.75, 3.05) is 24.5 Å². The largest absolute Gasteiger partial charge is 0.387 e. The molecule has 1 unspecified atom stereocenters. The van der Waals surface area contributed by atoms with Crippen LogP contribution in [0.5, 0.6) is 0 Å². The van der Waals surface area contributed by atoms with E-state index in [9.17, 15) is 9.50 Å². The van der Waals surface area contributed by atoms with E-state index in [4.69, 9.17) is 0 Å². The second-order valence-electron chi connectivity index (χ2n) is 6.04. The van der Waals surface area contributed by atoms with Crippen LogP contribution < -0.4 is 10.2 Å². The molecule has 1 heterocycles. The molecule has 1 saturated heterocycles. The summed E-state index contributed by atoms with van der Waals surface area (Å²) < 4.78 is 13.9. The minimum Gasteiger partial charge on any atom is -0.387 e. The van der Waals surface area contributed by atoms with Crippen LogP contribution in [0.25, 0.3) is 0 Å². The van der Waals surface area contributed by atoms with Crippen LogP contribution in [0.2, 0.25) is 0 Å². The van der Waals surface area contributed by atoms with Gasteiger partial charge in [-0.25, -0.2) is 4.39 Å². The third-order valence-corrected chi connectivity index (χ3v) is 3.26. The summed E-state index contributed by atoms with van der Waals surface area (Å²) in [6.45, 7) is 7.47. The fourth-order valence-electron chi connectivity index (χ4n) is 2.36. The molecule has 18 heavy (non-hydrogen) atoms. The molecule has 1 atom stereocenters. The smallest absolute Gasteiger partial charge is 0.146 e. The molecule has 0 amide bonds. The fraction of sp³-hybridized carbons (Fsp3) is 0.571. The van der Waals surface area contributed by atoms with Gasteiger partial charge in [0.2, 0.25) is 0 Å². The first kappa shape index (κ1) is 13.3. The molecule has 1 aliphatic heterocycles. The molecule has 4 heteroatoms. The standard InChI is InChI=1S/C14H21FN2O/c1-13(2)9-17(10-14(3,18)8-16-13)12-7-5-4-6-11(12)15/h4-7,16,18H,8-10H2,1-3H3. The lowest BCUT2D eigenvalue weighted by Crippen LogP contribution is -2.47. The number of rotatable bonds is 1. The first-order chi connectivity index (χ1) is 8.29. The normalized spacial score (nSPS) is 27.9. The Morgan fingerprint density at radius 1 is 1.22 bits per heavy atom. The van der Waals surface area contributed by atoms with Crippen LogP contribution in [0.3, 0.4) is 0 Å². The molecule has 1 aromatic rings. The van der Waals surface area contributed by atoms with Crippen LogP contribution in [-0.4, -0.2) is 35.9 Å². The fourth-order valence-corrected chi connectivity index (χ4v) is 2.36. The van der Waals surface area contributed by atoms with Crippen molar-refractivity contribution in [1.82, 2.24) is 5.32 Å². The molecule has 0 aliphatic carbocycles. The number of aliphatic hydroxyl groups is 1. The number of nitrogens with one attached hydrogen (secondary N) is 1. The Balaban J connectivity index is 2.33. The SMILES string of the molecule is CC1(O)CNC(C)(C)CN(c2ccccc2F)C1. The van der Waals surface area contributed by atoms with Crippen molar-refractivity contribution in [1.29, 1.82) is 0 Å². The molecule has 1 aromatic carbocycles. The maximum atomic E-state index is 13.9. The Morgan fingerprint density at radius 3 is 2.56 bits per heavy atom. The van der Waals surface area contributed by atoms with Crippen LogP contribution in [0.1, 0.15) is 20.8 Å². The number of benzene rings is 1. The lowest BCUT2D eigenvalue weighted by atomic mass is 10.1. The highest BCUT2D eigenvalue weighted by Crippen LogP contribution is 2.25. The molecule has 2 N–H and O–H groups in total. The van der Waals surface area contributed by atoms with Gasteiger partial charge in [-0.2, -0.15) is 0 Å².